The SMILES string of the molecule is Cn1cnnc1Sc1ccc(C(=NO[C@@H]2CCOC2)C(=O)Nc2ncc(F)s2)cc1. The van der Waals surface area contributed by atoms with Crippen LogP contribution >= 0.6 is 23.1 Å². The number of aryl methyl sites for hydroxylation is 1. The van der Waals surface area contributed by atoms with E-state index in [-0.39, 0.29) is 16.9 Å². The summed E-state index contributed by atoms with van der Waals surface area (Å²) in [7, 11) is 1.86. The first-order chi connectivity index (χ1) is 14.6. The average molecular weight is 449 g/mol. The zero-order valence-corrected chi connectivity index (χ0v) is 17.5. The lowest BCUT2D eigenvalue weighted by Crippen LogP contribution is -2.25. The number of aromatic nitrogens is 4. The standard InChI is InChI=1S/C18H17FN6O3S2/c1-25-10-21-23-18(25)29-13-4-2-11(3-5-13)15(24-28-12-6-7-27-9-12)16(26)22-17-20-8-14(19)30-17/h2-5,8,10,12H,6-7,9H2,1H3,(H,20,22,26)/t12-/m1/s1. The molecule has 9 nitrogen and oxygen atoms in total. The summed E-state index contributed by atoms with van der Waals surface area (Å²) in [5, 5.41) is 14.9. The van der Waals surface area contributed by atoms with Crippen molar-refractivity contribution in [3.63, 3.8) is 0 Å². The van der Waals surface area contributed by atoms with Crippen LogP contribution in [0.2, 0.25) is 0 Å². The summed E-state index contributed by atoms with van der Waals surface area (Å²) in [4.78, 5) is 23.0. The van der Waals surface area contributed by atoms with Gasteiger partial charge in [0.1, 0.15) is 6.33 Å². The quantitative estimate of drug-likeness (QED) is 0.438. The van der Waals surface area contributed by atoms with Crippen LogP contribution in [0.3, 0.4) is 0 Å². The van der Waals surface area contributed by atoms with E-state index in [0.29, 0.717) is 25.2 Å². The van der Waals surface area contributed by atoms with Gasteiger partial charge in [0.15, 0.2) is 27.2 Å². The number of anilines is 1. The number of amides is 1. The Morgan fingerprint density at radius 1 is 1.43 bits per heavy atom. The second-order valence-corrected chi connectivity index (χ2v) is 8.33. The molecule has 1 N–H and O–H groups in total. The Morgan fingerprint density at radius 3 is 2.90 bits per heavy atom. The summed E-state index contributed by atoms with van der Waals surface area (Å²) >= 11 is 2.17. The van der Waals surface area contributed by atoms with Gasteiger partial charge in [0, 0.05) is 23.9 Å². The maximum absolute atomic E-state index is 13.2. The summed E-state index contributed by atoms with van der Waals surface area (Å²) in [5.74, 6) is -0.544. The monoisotopic (exact) mass is 448 g/mol. The number of oxime groups is 1. The third kappa shape index (κ3) is 5.01. The Bertz CT molecular complexity index is 1050. The molecule has 0 bridgehead atoms. The number of rotatable bonds is 7. The number of hydrogen-bond acceptors (Lipinski definition) is 9. The molecule has 4 rings (SSSR count). The van der Waals surface area contributed by atoms with Crippen LogP contribution in [0.15, 0.2) is 52.0 Å². The lowest BCUT2D eigenvalue weighted by Gasteiger charge is -2.10. The van der Waals surface area contributed by atoms with E-state index in [2.05, 4.69) is 25.7 Å². The molecule has 0 saturated carbocycles. The third-order valence-corrected chi connectivity index (χ3v) is 5.86. The lowest BCUT2D eigenvalue weighted by atomic mass is 10.1. The Morgan fingerprint density at radius 2 is 2.27 bits per heavy atom. The topological polar surface area (TPSA) is 104 Å². The van der Waals surface area contributed by atoms with Crippen molar-refractivity contribution in [2.45, 2.75) is 22.6 Å². The minimum Gasteiger partial charge on any atom is -0.389 e. The molecule has 1 amide bonds. The predicted molar refractivity (Wildman–Crippen MR) is 109 cm³/mol. The van der Waals surface area contributed by atoms with E-state index in [4.69, 9.17) is 9.57 Å². The van der Waals surface area contributed by atoms with Gasteiger partial charge in [-0.3, -0.25) is 10.1 Å². The number of ether oxygens (including phenoxy) is 1. The Balaban J connectivity index is 1.53. The van der Waals surface area contributed by atoms with E-state index in [1.807, 2.05) is 23.7 Å². The molecule has 1 aliphatic rings. The van der Waals surface area contributed by atoms with Crippen LogP contribution in [0.25, 0.3) is 0 Å². The summed E-state index contributed by atoms with van der Waals surface area (Å²) in [5.41, 5.74) is 0.610. The van der Waals surface area contributed by atoms with Gasteiger partial charge in [-0.2, -0.15) is 4.39 Å². The van der Waals surface area contributed by atoms with Crippen LogP contribution in [0, 0.1) is 5.13 Å². The number of hydrogen-bond donors (Lipinski definition) is 1. The number of benzene rings is 1. The first kappa shape index (κ1) is 20.4. The van der Waals surface area contributed by atoms with Crippen molar-refractivity contribution in [1.82, 2.24) is 19.7 Å². The van der Waals surface area contributed by atoms with Crippen LogP contribution in [0.4, 0.5) is 9.52 Å². The van der Waals surface area contributed by atoms with E-state index in [1.54, 1.807) is 18.5 Å². The molecule has 3 heterocycles. The molecule has 1 fully saturated rings. The number of thiazole rings is 1. The van der Waals surface area contributed by atoms with Crippen molar-refractivity contribution in [2.24, 2.45) is 12.2 Å². The highest BCUT2D eigenvalue weighted by Crippen LogP contribution is 2.26. The Hall–Kier alpha value is -2.83. The highest BCUT2D eigenvalue weighted by atomic mass is 32.2. The molecular weight excluding hydrogens is 431 g/mol. The molecule has 1 atom stereocenters. The molecule has 3 aromatic rings. The van der Waals surface area contributed by atoms with Crippen molar-refractivity contribution in [3.8, 4) is 0 Å². The minimum atomic E-state index is -0.544. The zero-order chi connectivity index (χ0) is 20.9. The molecular formula is C18H17FN6O3S2. The molecule has 156 valence electrons. The summed E-state index contributed by atoms with van der Waals surface area (Å²) in [6, 6.07) is 7.21. The van der Waals surface area contributed by atoms with Crippen LogP contribution < -0.4 is 5.32 Å². The maximum atomic E-state index is 13.2. The lowest BCUT2D eigenvalue weighted by molar-refractivity contribution is -0.110. The number of carbonyl (C=O) groups excluding carboxylic acids is 1. The summed E-state index contributed by atoms with van der Waals surface area (Å²) < 4.78 is 20.3. The third-order valence-electron chi connectivity index (χ3n) is 4.10. The fraction of sp³-hybridized carbons (Fsp3) is 0.278. The van der Waals surface area contributed by atoms with Gasteiger partial charge in [0.2, 0.25) is 0 Å². The Labute approximate surface area is 179 Å². The van der Waals surface area contributed by atoms with Gasteiger partial charge in [-0.1, -0.05) is 28.6 Å². The van der Waals surface area contributed by atoms with Crippen molar-refractivity contribution in [2.75, 3.05) is 18.5 Å². The number of halogens is 1. The van der Waals surface area contributed by atoms with Crippen LogP contribution in [0.5, 0.6) is 0 Å². The fourth-order valence-electron chi connectivity index (χ4n) is 2.57. The molecule has 1 aliphatic heterocycles. The largest absolute Gasteiger partial charge is 0.389 e. The number of nitrogens with one attached hydrogen (secondary N) is 1. The highest BCUT2D eigenvalue weighted by molar-refractivity contribution is 7.99. The molecule has 12 heteroatoms. The zero-order valence-electron chi connectivity index (χ0n) is 15.8. The van der Waals surface area contributed by atoms with Gasteiger partial charge in [-0.05, 0) is 23.9 Å². The van der Waals surface area contributed by atoms with Gasteiger partial charge in [-0.25, -0.2) is 4.98 Å². The van der Waals surface area contributed by atoms with E-state index < -0.39 is 11.0 Å². The van der Waals surface area contributed by atoms with Gasteiger partial charge < -0.3 is 14.1 Å². The van der Waals surface area contributed by atoms with Crippen molar-refractivity contribution in [3.05, 3.63) is 47.5 Å². The van der Waals surface area contributed by atoms with Crippen molar-refractivity contribution >= 4 is 39.8 Å². The highest BCUT2D eigenvalue weighted by Gasteiger charge is 2.21. The molecule has 1 aromatic carbocycles. The van der Waals surface area contributed by atoms with Crippen molar-refractivity contribution < 1.29 is 18.8 Å². The molecule has 1 saturated heterocycles. The molecule has 0 unspecified atom stereocenters. The van der Waals surface area contributed by atoms with E-state index in [0.717, 1.165) is 27.6 Å². The van der Waals surface area contributed by atoms with E-state index >= 15 is 0 Å². The smallest absolute Gasteiger partial charge is 0.280 e. The van der Waals surface area contributed by atoms with Crippen molar-refractivity contribution in [1.29, 1.82) is 0 Å². The first-order valence-corrected chi connectivity index (χ1v) is 10.6. The molecule has 2 aromatic heterocycles. The Kier molecular flexibility index (Phi) is 6.35. The van der Waals surface area contributed by atoms with Crippen LogP contribution in [-0.4, -0.2) is 50.7 Å². The normalized spacial score (nSPS) is 16.6. The van der Waals surface area contributed by atoms with Crippen LogP contribution in [0.1, 0.15) is 12.0 Å². The summed E-state index contributed by atoms with van der Waals surface area (Å²) in [6.45, 7) is 1.01. The van der Waals surface area contributed by atoms with Gasteiger partial charge in [0.25, 0.3) is 5.91 Å². The maximum Gasteiger partial charge on any atom is 0.280 e. The average Bonchev–Trinajstić information content (AvgIpc) is 3.48. The minimum absolute atomic E-state index is 0.0627. The van der Waals surface area contributed by atoms with E-state index in [1.165, 1.54) is 11.8 Å². The second-order valence-electron chi connectivity index (χ2n) is 6.31. The van der Waals surface area contributed by atoms with Gasteiger partial charge in [0.05, 0.1) is 19.4 Å². The summed E-state index contributed by atoms with van der Waals surface area (Å²) in [6.07, 6.45) is 3.15. The predicted octanol–water partition coefficient (Wildman–Crippen LogP) is 2.71. The molecule has 0 aliphatic carbocycles. The molecule has 0 radical (unpaired) electrons. The van der Waals surface area contributed by atoms with Crippen LogP contribution in [-0.2, 0) is 21.4 Å². The second kappa shape index (κ2) is 9.32. The number of nitrogens with zero attached hydrogens (tertiary/aromatic N) is 5. The van der Waals surface area contributed by atoms with E-state index in [9.17, 15) is 9.18 Å². The van der Waals surface area contributed by atoms with Gasteiger partial charge in [-0.15, -0.1) is 10.2 Å². The van der Waals surface area contributed by atoms with Gasteiger partial charge >= 0.3 is 0 Å². The molecule has 0 spiro atoms. The fourth-order valence-corrected chi connectivity index (χ4v) is 3.87. The molecule has 30 heavy (non-hydrogen) atoms. The first-order valence-electron chi connectivity index (χ1n) is 8.95. The number of carbonyl (C=O) groups is 1.